The van der Waals surface area contributed by atoms with Gasteiger partial charge in [-0.2, -0.15) is 0 Å². The Morgan fingerprint density at radius 1 is 1.04 bits per heavy atom. The fourth-order valence-corrected chi connectivity index (χ4v) is 2.88. The van der Waals surface area contributed by atoms with E-state index in [2.05, 4.69) is 10.6 Å². The smallest absolute Gasteiger partial charge is 0.243 e. The molecule has 2 aromatic carbocycles. The molecule has 3 rings (SSSR count). The van der Waals surface area contributed by atoms with Crippen LogP contribution in [0.15, 0.2) is 42.5 Å². The second-order valence-corrected chi connectivity index (χ2v) is 6.25. The zero-order chi connectivity index (χ0) is 20.3. The Hall–Kier alpha value is -3.36. The second kappa shape index (κ2) is 8.12. The summed E-state index contributed by atoms with van der Waals surface area (Å²) in [5.74, 6) is -5.03. The summed E-state index contributed by atoms with van der Waals surface area (Å²) < 4.78 is 39.9. The van der Waals surface area contributed by atoms with Gasteiger partial charge in [0.1, 0.15) is 5.82 Å². The van der Waals surface area contributed by atoms with Crippen molar-refractivity contribution < 1.29 is 27.6 Å². The minimum absolute atomic E-state index is 0.00358. The molecule has 0 saturated carbocycles. The topological polar surface area (TPSA) is 78.5 Å². The predicted molar refractivity (Wildman–Crippen MR) is 94.9 cm³/mol. The molecule has 0 radical (unpaired) electrons. The van der Waals surface area contributed by atoms with E-state index in [9.17, 15) is 27.6 Å². The number of benzene rings is 2. The number of para-hydroxylation sites is 1. The van der Waals surface area contributed by atoms with Crippen molar-refractivity contribution in [3.63, 3.8) is 0 Å². The van der Waals surface area contributed by atoms with Crippen molar-refractivity contribution in [1.29, 1.82) is 0 Å². The molecule has 0 bridgehead atoms. The van der Waals surface area contributed by atoms with E-state index in [1.54, 1.807) is 6.07 Å². The van der Waals surface area contributed by atoms with Gasteiger partial charge in [-0.05, 0) is 24.3 Å². The van der Waals surface area contributed by atoms with Crippen LogP contribution in [-0.2, 0) is 14.4 Å². The molecule has 9 heteroatoms. The quantitative estimate of drug-likeness (QED) is 0.820. The van der Waals surface area contributed by atoms with Gasteiger partial charge in [-0.25, -0.2) is 13.2 Å². The van der Waals surface area contributed by atoms with Crippen LogP contribution in [-0.4, -0.2) is 30.8 Å². The summed E-state index contributed by atoms with van der Waals surface area (Å²) >= 11 is 0. The molecule has 1 heterocycles. The number of anilines is 2. The van der Waals surface area contributed by atoms with Gasteiger partial charge in [0.25, 0.3) is 0 Å². The molecule has 1 fully saturated rings. The van der Waals surface area contributed by atoms with E-state index < -0.39 is 47.6 Å². The molecule has 146 valence electrons. The highest BCUT2D eigenvalue weighted by atomic mass is 19.2. The minimum Gasteiger partial charge on any atom is -0.347 e. The number of rotatable bonds is 5. The van der Waals surface area contributed by atoms with E-state index in [4.69, 9.17) is 0 Å². The molecule has 0 aliphatic carbocycles. The van der Waals surface area contributed by atoms with Crippen LogP contribution in [0.5, 0.6) is 0 Å². The lowest BCUT2D eigenvalue weighted by Gasteiger charge is -2.17. The summed E-state index contributed by atoms with van der Waals surface area (Å²) in [6.45, 7) is -0.418. The zero-order valence-corrected chi connectivity index (χ0v) is 14.5. The number of hydrogen-bond acceptors (Lipinski definition) is 3. The average Bonchev–Trinajstić information content (AvgIpc) is 3.05. The largest absolute Gasteiger partial charge is 0.347 e. The molecule has 1 aliphatic rings. The normalized spacial score (nSPS) is 16.2. The third kappa shape index (κ3) is 4.30. The average molecular weight is 391 g/mol. The molecular formula is C19H16F3N3O3. The van der Waals surface area contributed by atoms with Crippen molar-refractivity contribution in [3.8, 4) is 0 Å². The lowest BCUT2D eigenvalue weighted by molar-refractivity contribution is -0.127. The van der Waals surface area contributed by atoms with E-state index in [0.29, 0.717) is 0 Å². The van der Waals surface area contributed by atoms with Crippen LogP contribution >= 0.6 is 0 Å². The highest BCUT2D eigenvalue weighted by molar-refractivity contribution is 6.01. The molecule has 2 N–H and O–H groups in total. The maximum absolute atomic E-state index is 13.9. The summed E-state index contributed by atoms with van der Waals surface area (Å²) in [5.41, 5.74) is 0.138. The SMILES string of the molecule is O=C(CNC(=O)C1CC(=O)N(c2ccccc2F)C1)Nc1ccc(F)c(F)c1. The van der Waals surface area contributed by atoms with Gasteiger partial charge in [-0.1, -0.05) is 12.1 Å². The highest BCUT2D eigenvalue weighted by Gasteiger charge is 2.36. The maximum atomic E-state index is 13.9. The molecule has 0 spiro atoms. The van der Waals surface area contributed by atoms with Crippen LogP contribution in [0.4, 0.5) is 24.5 Å². The summed E-state index contributed by atoms with van der Waals surface area (Å²) in [7, 11) is 0. The lowest BCUT2D eigenvalue weighted by atomic mass is 10.1. The van der Waals surface area contributed by atoms with Crippen LogP contribution in [0, 0.1) is 23.4 Å². The van der Waals surface area contributed by atoms with Crippen LogP contribution in [0.25, 0.3) is 0 Å². The molecule has 0 aromatic heterocycles. The van der Waals surface area contributed by atoms with Crippen molar-refractivity contribution in [2.45, 2.75) is 6.42 Å². The van der Waals surface area contributed by atoms with Crippen LogP contribution in [0.1, 0.15) is 6.42 Å². The number of carbonyl (C=O) groups excluding carboxylic acids is 3. The molecular weight excluding hydrogens is 375 g/mol. The first kappa shape index (κ1) is 19.4. The highest BCUT2D eigenvalue weighted by Crippen LogP contribution is 2.27. The lowest BCUT2D eigenvalue weighted by Crippen LogP contribution is -2.38. The zero-order valence-electron chi connectivity index (χ0n) is 14.5. The molecule has 28 heavy (non-hydrogen) atoms. The summed E-state index contributed by atoms with van der Waals surface area (Å²) in [4.78, 5) is 37.4. The Bertz CT molecular complexity index is 936. The predicted octanol–water partition coefficient (Wildman–Crippen LogP) is 2.21. The molecule has 1 unspecified atom stereocenters. The molecule has 1 aliphatic heterocycles. The Morgan fingerprint density at radius 3 is 2.50 bits per heavy atom. The molecule has 1 atom stereocenters. The van der Waals surface area contributed by atoms with Gasteiger partial charge < -0.3 is 15.5 Å². The van der Waals surface area contributed by atoms with Gasteiger partial charge >= 0.3 is 0 Å². The van der Waals surface area contributed by atoms with Crippen LogP contribution < -0.4 is 15.5 Å². The molecule has 6 nitrogen and oxygen atoms in total. The van der Waals surface area contributed by atoms with E-state index in [1.807, 2.05) is 0 Å². The van der Waals surface area contributed by atoms with Gasteiger partial charge in [0.15, 0.2) is 11.6 Å². The number of nitrogens with zero attached hydrogens (tertiary/aromatic N) is 1. The van der Waals surface area contributed by atoms with E-state index in [1.165, 1.54) is 29.2 Å². The van der Waals surface area contributed by atoms with Gasteiger partial charge in [-0.15, -0.1) is 0 Å². The van der Waals surface area contributed by atoms with Crippen molar-refractivity contribution >= 4 is 29.1 Å². The number of nitrogens with one attached hydrogen (secondary N) is 2. The molecule has 1 saturated heterocycles. The molecule has 3 amide bonds. The first-order valence-corrected chi connectivity index (χ1v) is 8.42. The van der Waals surface area contributed by atoms with E-state index in [-0.39, 0.29) is 24.3 Å². The third-order valence-corrected chi connectivity index (χ3v) is 4.27. The first-order chi connectivity index (χ1) is 13.3. The van der Waals surface area contributed by atoms with Crippen LogP contribution in [0.2, 0.25) is 0 Å². The standard InChI is InChI=1S/C19H16F3N3O3/c20-13-6-5-12(8-15(13)22)24-17(26)9-23-19(28)11-7-18(27)25(10-11)16-4-2-1-3-14(16)21/h1-6,8,11H,7,9-10H2,(H,23,28)(H,24,26). The Morgan fingerprint density at radius 2 is 1.79 bits per heavy atom. The van der Waals surface area contributed by atoms with E-state index >= 15 is 0 Å². The monoisotopic (exact) mass is 391 g/mol. The third-order valence-electron chi connectivity index (χ3n) is 4.27. The van der Waals surface area contributed by atoms with Gasteiger partial charge in [0, 0.05) is 24.7 Å². The maximum Gasteiger partial charge on any atom is 0.243 e. The Balaban J connectivity index is 1.54. The molecule has 2 aromatic rings. The van der Waals surface area contributed by atoms with Gasteiger partial charge in [0.05, 0.1) is 18.2 Å². The fourth-order valence-electron chi connectivity index (χ4n) is 2.88. The van der Waals surface area contributed by atoms with Crippen molar-refractivity contribution in [2.75, 3.05) is 23.3 Å². The fraction of sp³-hybridized carbons (Fsp3) is 0.211. The first-order valence-electron chi connectivity index (χ1n) is 8.42. The Kier molecular flexibility index (Phi) is 5.62. The second-order valence-electron chi connectivity index (χ2n) is 6.25. The number of halogens is 3. The number of amides is 3. The minimum atomic E-state index is -1.11. The van der Waals surface area contributed by atoms with Crippen LogP contribution in [0.3, 0.4) is 0 Å². The van der Waals surface area contributed by atoms with Gasteiger partial charge in [0.2, 0.25) is 17.7 Å². The van der Waals surface area contributed by atoms with Gasteiger partial charge in [-0.3, -0.25) is 14.4 Å². The number of hydrogen-bond donors (Lipinski definition) is 2. The van der Waals surface area contributed by atoms with E-state index in [0.717, 1.165) is 12.1 Å². The number of carbonyl (C=O) groups is 3. The summed E-state index contributed by atoms with van der Waals surface area (Å²) in [6, 6.07) is 8.61. The Labute approximate surface area is 158 Å². The summed E-state index contributed by atoms with van der Waals surface area (Å²) in [5, 5.41) is 4.71. The van der Waals surface area contributed by atoms with Crippen molar-refractivity contribution in [1.82, 2.24) is 5.32 Å². The van der Waals surface area contributed by atoms with Crippen molar-refractivity contribution in [2.24, 2.45) is 5.92 Å². The summed E-state index contributed by atoms with van der Waals surface area (Å²) in [6.07, 6.45) is -0.106. The van der Waals surface area contributed by atoms with Crippen molar-refractivity contribution in [3.05, 3.63) is 59.9 Å².